The van der Waals surface area contributed by atoms with Crippen molar-refractivity contribution in [1.29, 1.82) is 5.26 Å². The largest absolute Gasteiger partial charge is 0.485 e. The molecule has 0 aliphatic heterocycles. The molecule has 1 heterocycles. The van der Waals surface area contributed by atoms with E-state index in [4.69, 9.17) is 10.00 Å². The molecule has 102 valence electrons. The molecule has 0 radical (unpaired) electrons. The Balaban J connectivity index is 2.52. The van der Waals surface area contributed by atoms with Crippen LogP contribution in [0.5, 0.6) is 5.75 Å². The normalized spacial score (nSPS) is 15.2. The highest BCUT2D eigenvalue weighted by Gasteiger charge is 2.32. The molecule has 4 heteroatoms. The number of hydrogen-bond donors (Lipinski definition) is 0. The summed E-state index contributed by atoms with van der Waals surface area (Å²) in [7, 11) is 0. The van der Waals surface area contributed by atoms with Crippen molar-refractivity contribution in [1.82, 2.24) is 4.98 Å². The van der Waals surface area contributed by atoms with Crippen molar-refractivity contribution in [2.75, 3.05) is 0 Å². The lowest BCUT2D eigenvalue weighted by Crippen LogP contribution is -2.25. The molecule has 1 aromatic heterocycles. The van der Waals surface area contributed by atoms with Crippen molar-refractivity contribution in [3.63, 3.8) is 0 Å². The van der Waals surface area contributed by atoms with Crippen LogP contribution in [0.2, 0.25) is 0 Å². The second-order valence-corrected chi connectivity index (χ2v) is 6.04. The number of aromatic nitrogens is 1. The van der Waals surface area contributed by atoms with E-state index in [1.807, 2.05) is 20.8 Å². The lowest BCUT2D eigenvalue weighted by atomic mass is 10.1. The van der Waals surface area contributed by atoms with E-state index in [-0.39, 0.29) is 23.9 Å². The lowest BCUT2D eigenvalue weighted by Gasteiger charge is -2.24. The van der Waals surface area contributed by atoms with Gasteiger partial charge in [-0.2, -0.15) is 5.26 Å². The topological polar surface area (TPSA) is 45.9 Å². The molecule has 0 unspecified atom stereocenters. The minimum absolute atomic E-state index is 0.187. The molecule has 0 atom stereocenters. The quantitative estimate of drug-likeness (QED) is 0.835. The summed E-state index contributed by atoms with van der Waals surface area (Å²) < 4.78 is 20.2. The van der Waals surface area contributed by atoms with Gasteiger partial charge in [0.1, 0.15) is 5.60 Å². The van der Waals surface area contributed by atoms with Gasteiger partial charge in [-0.25, -0.2) is 4.39 Å². The summed E-state index contributed by atoms with van der Waals surface area (Å²) in [5, 5.41) is 8.86. The van der Waals surface area contributed by atoms with Crippen LogP contribution in [0.1, 0.15) is 56.5 Å². The standard InChI is InChI=1S/C15H19FN2O/c1-9-11(7-8-17)18-13(10-5-6-10)12(16)14(9)19-15(2,3)4/h10H,5-7H2,1-4H3. The van der Waals surface area contributed by atoms with E-state index in [2.05, 4.69) is 11.1 Å². The fourth-order valence-electron chi connectivity index (χ4n) is 1.99. The molecule has 1 fully saturated rings. The Kier molecular flexibility index (Phi) is 3.49. The molecule has 1 saturated carbocycles. The summed E-state index contributed by atoms with van der Waals surface area (Å²) in [4.78, 5) is 4.34. The average Bonchev–Trinajstić information content (AvgIpc) is 3.11. The number of hydrogen-bond acceptors (Lipinski definition) is 3. The zero-order valence-electron chi connectivity index (χ0n) is 11.9. The van der Waals surface area contributed by atoms with Gasteiger partial charge in [0.2, 0.25) is 0 Å². The molecule has 1 aliphatic rings. The first-order valence-corrected chi connectivity index (χ1v) is 6.58. The predicted molar refractivity (Wildman–Crippen MR) is 70.6 cm³/mol. The second-order valence-electron chi connectivity index (χ2n) is 6.04. The van der Waals surface area contributed by atoms with E-state index in [1.165, 1.54) is 0 Å². The van der Waals surface area contributed by atoms with E-state index in [0.29, 0.717) is 17.0 Å². The highest BCUT2D eigenvalue weighted by atomic mass is 19.1. The third-order valence-corrected chi connectivity index (χ3v) is 3.07. The van der Waals surface area contributed by atoms with Gasteiger partial charge in [0, 0.05) is 11.5 Å². The molecule has 0 saturated heterocycles. The third kappa shape index (κ3) is 3.04. The van der Waals surface area contributed by atoms with Crippen molar-refractivity contribution in [3.05, 3.63) is 22.8 Å². The zero-order valence-corrected chi connectivity index (χ0v) is 11.9. The maximum atomic E-state index is 14.5. The minimum atomic E-state index is -0.475. The Morgan fingerprint density at radius 1 is 1.42 bits per heavy atom. The Bertz CT molecular complexity index is 537. The van der Waals surface area contributed by atoms with Crippen LogP contribution in [0.25, 0.3) is 0 Å². The van der Waals surface area contributed by atoms with Gasteiger partial charge in [-0.05, 0) is 40.5 Å². The fraction of sp³-hybridized carbons (Fsp3) is 0.600. The van der Waals surface area contributed by atoms with Crippen molar-refractivity contribution in [2.45, 2.75) is 58.5 Å². The fourth-order valence-corrected chi connectivity index (χ4v) is 1.99. The third-order valence-electron chi connectivity index (χ3n) is 3.07. The van der Waals surface area contributed by atoms with Crippen molar-refractivity contribution in [3.8, 4) is 11.8 Å². The van der Waals surface area contributed by atoms with Crippen molar-refractivity contribution in [2.24, 2.45) is 0 Å². The molecule has 2 rings (SSSR count). The maximum absolute atomic E-state index is 14.5. The van der Waals surface area contributed by atoms with Gasteiger partial charge in [-0.15, -0.1) is 0 Å². The van der Waals surface area contributed by atoms with Gasteiger partial charge in [0.25, 0.3) is 0 Å². The van der Waals surface area contributed by atoms with Gasteiger partial charge < -0.3 is 4.74 Å². The molecule has 19 heavy (non-hydrogen) atoms. The van der Waals surface area contributed by atoms with Crippen LogP contribution in [0.15, 0.2) is 0 Å². The number of rotatable bonds is 3. The van der Waals surface area contributed by atoms with Gasteiger partial charge in [0.15, 0.2) is 11.6 Å². The summed E-state index contributed by atoms with van der Waals surface area (Å²) in [6, 6.07) is 2.08. The molecule has 1 aromatic rings. The van der Waals surface area contributed by atoms with Crippen LogP contribution in [0.4, 0.5) is 4.39 Å². The summed E-state index contributed by atoms with van der Waals surface area (Å²) in [6.07, 6.45) is 2.12. The first kappa shape index (κ1) is 13.8. The van der Waals surface area contributed by atoms with Crippen molar-refractivity contribution < 1.29 is 9.13 Å². The Morgan fingerprint density at radius 2 is 2.05 bits per heavy atom. The van der Waals surface area contributed by atoms with Gasteiger partial charge in [0.05, 0.1) is 23.9 Å². The highest BCUT2D eigenvalue weighted by molar-refractivity contribution is 5.42. The van der Waals surface area contributed by atoms with E-state index < -0.39 is 5.60 Å². The summed E-state index contributed by atoms with van der Waals surface area (Å²) in [5.74, 6) is 0.103. The number of halogens is 1. The molecule has 0 aromatic carbocycles. The number of nitrogens with zero attached hydrogens (tertiary/aromatic N) is 2. The van der Waals surface area contributed by atoms with Crippen LogP contribution in [-0.2, 0) is 6.42 Å². The first-order valence-electron chi connectivity index (χ1n) is 6.58. The van der Waals surface area contributed by atoms with E-state index in [1.54, 1.807) is 6.92 Å². The van der Waals surface area contributed by atoms with Crippen molar-refractivity contribution >= 4 is 0 Å². The smallest absolute Gasteiger partial charge is 0.187 e. The predicted octanol–water partition coefficient (Wildman–Crippen LogP) is 3.65. The molecule has 0 bridgehead atoms. The number of ether oxygens (including phenoxy) is 1. The lowest BCUT2D eigenvalue weighted by molar-refractivity contribution is 0.122. The average molecular weight is 262 g/mol. The molecule has 3 nitrogen and oxygen atoms in total. The Hall–Kier alpha value is -1.63. The Morgan fingerprint density at radius 3 is 2.53 bits per heavy atom. The summed E-state index contributed by atoms with van der Waals surface area (Å²) >= 11 is 0. The number of nitriles is 1. The van der Waals surface area contributed by atoms with E-state index >= 15 is 0 Å². The SMILES string of the molecule is Cc1c(CC#N)nc(C2CC2)c(F)c1OC(C)(C)C. The molecular weight excluding hydrogens is 243 g/mol. The highest BCUT2D eigenvalue weighted by Crippen LogP contribution is 2.43. The molecule has 0 N–H and O–H groups in total. The molecule has 0 amide bonds. The second kappa shape index (κ2) is 4.80. The van der Waals surface area contributed by atoms with Gasteiger partial charge in [-0.3, -0.25) is 4.98 Å². The zero-order chi connectivity index (χ0) is 14.2. The van der Waals surface area contributed by atoms with E-state index in [0.717, 1.165) is 12.8 Å². The molecule has 0 spiro atoms. The number of pyridine rings is 1. The van der Waals surface area contributed by atoms with Crippen LogP contribution in [-0.4, -0.2) is 10.6 Å². The van der Waals surface area contributed by atoms with E-state index in [9.17, 15) is 4.39 Å². The van der Waals surface area contributed by atoms with Crippen LogP contribution in [0.3, 0.4) is 0 Å². The van der Waals surface area contributed by atoms with Crippen LogP contribution in [0, 0.1) is 24.1 Å². The minimum Gasteiger partial charge on any atom is -0.485 e. The monoisotopic (exact) mass is 262 g/mol. The molecule has 1 aliphatic carbocycles. The first-order chi connectivity index (χ1) is 8.83. The maximum Gasteiger partial charge on any atom is 0.187 e. The van der Waals surface area contributed by atoms with Crippen LogP contribution < -0.4 is 4.74 Å². The van der Waals surface area contributed by atoms with Crippen LogP contribution >= 0.6 is 0 Å². The molecular formula is C15H19FN2O. The summed E-state index contributed by atoms with van der Waals surface area (Å²) in [6.45, 7) is 7.41. The summed E-state index contributed by atoms with van der Waals surface area (Å²) in [5.41, 5.74) is 1.26. The van der Waals surface area contributed by atoms with Gasteiger partial charge >= 0.3 is 0 Å². The van der Waals surface area contributed by atoms with Gasteiger partial charge in [-0.1, -0.05) is 0 Å². The Labute approximate surface area is 113 Å².